The van der Waals surface area contributed by atoms with Crippen LogP contribution < -0.4 is 9.47 Å². The average molecular weight is 340 g/mol. The molecule has 0 aliphatic carbocycles. The van der Waals surface area contributed by atoms with Gasteiger partial charge in [-0.25, -0.2) is 0 Å². The van der Waals surface area contributed by atoms with Crippen LogP contribution in [0.25, 0.3) is 0 Å². The summed E-state index contributed by atoms with van der Waals surface area (Å²) in [6, 6.07) is 11.5. The molecule has 6 nitrogen and oxygen atoms in total. The minimum Gasteiger partial charge on any atom is -0.454 e. The predicted molar refractivity (Wildman–Crippen MR) is 90.0 cm³/mol. The zero-order valence-corrected chi connectivity index (χ0v) is 13.9. The van der Waals surface area contributed by atoms with Gasteiger partial charge in [-0.15, -0.1) is 0 Å². The summed E-state index contributed by atoms with van der Waals surface area (Å²) < 4.78 is 16.6. The Morgan fingerprint density at radius 2 is 2.12 bits per heavy atom. The molecule has 25 heavy (non-hydrogen) atoms. The average Bonchev–Trinajstić information content (AvgIpc) is 3.33. The number of para-hydroxylation sites is 1. The van der Waals surface area contributed by atoms with Crippen LogP contribution in [0.2, 0.25) is 0 Å². The van der Waals surface area contributed by atoms with Crippen LogP contribution in [0.1, 0.15) is 24.1 Å². The number of amides is 1. The van der Waals surface area contributed by atoms with E-state index in [9.17, 15) is 4.79 Å². The monoisotopic (exact) mass is 340 g/mol. The van der Waals surface area contributed by atoms with Crippen molar-refractivity contribution in [1.29, 1.82) is 0 Å². The van der Waals surface area contributed by atoms with E-state index in [2.05, 4.69) is 4.98 Å². The van der Waals surface area contributed by atoms with Crippen molar-refractivity contribution in [2.24, 2.45) is 0 Å². The van der Waals surface area contributed by atoms with Gasteiger partial charge in [-0.2, -0.15) is 0 Å². The lowest BCUT2D eigenvalue weighted by Gasteiger charge is -2.25. The molecule has 2 aliphatic rings. The van der Waals surface area contributed by atoms with Crippen LogP contribution in [-0.2, 0) is 22.6 Å². The molecule has 0 unspecified atom stereocenters. The van der Waals surface area contributed by atoms with Crippen molar-refractivity contribution >= 4 is 5.91 Å². The molecule has 0 spiro atoms. The lowest BCUT2D eigenvalue weighted by atomic mass is 10.1. The van der Waals surface area contributed by atoms with Crippen LogP contribution >= 0.6 is 0 Å². The Balaban J connectivity index is 1.58. The van der Waals surface area contributed by atoms with Gasteiger partial charge >= 0.3 is 0 Å². The molecule has 0 saturated carbocycles. The zero-order chi connectivity index (χ0) is 17.1. The lowest BCUT2D eigenvalue weighted by Crippen LogP contribution is -2.38. The molecule has 1 fully saturated rings. The first kappa shape index (κ1) is 15.9. The fourth-order valence-electron chi connectivity index (χ4n) is 3.20. The second-order valence-electron chi connectivity index (χ2n) is 6.17. The minimum absolute atomic E-state index is 0.000304. The van der Waals surface area contributed by atoms with Gasteiger partial charge in [0.25, 0.3) is 5.91 Å². The number of pyridine rings is 1. The normalized spacial score (nSPS) is 18.3. The van der Waals surface area contributed by atoms with Crippen LogP contribution in [0.15, 0.2) is 42.6 Å². The van der Waals surface area contributed by atoms with Gasteiger partial charge in [0.15, 0.2) is 11.5 Å². The van der Waals surface area contributed by atoms with Gasteiger partial charge in [-0.05, 0) is 31.0 Å². The first-order valence-corrected chi connectivity index (χ1v) is 8.49. The van der Waals surface area contributed by atoms with Gasteiger partial charge in [-0.1, -0.05) is 18.2 Å². The molecule has 2 aliphatic heterocycles. The number of nitrogens with zero attached hydrogens (tertiary/aromatic N) is 2. The summed E-state index contributed by atoms with van der Waals surface area (Å²) in [7, 11) is 0. The van der Waals surface area contributed by atoms with Gasteiger partial charge in [0, 0.05) is 24.9 Å². The molecule has 2 aromatic rings. The second kappa shape index (κ2) is 7.11. The molecule has 130 valence electrons. The van der Waals surface area contributed by atoms with E-state index in [1.54, 1.807) is 11.1 Å². The van der Waals surface area contributed by atoms with E-state index in [4.69, 9.17) is 14.2 Å². The largest absolute Gasteiger partial charge is 0.454 e. The van der Waals surface area contributed by atoms with Crippen LogP contribution in [0.5, 0.6) is 11.5 Å². The van der Waals surface area contributed by atoms with Gasteiger partial charge in [0.2, 0.25) is 6.79 Å². The van der Waals surface area contributed by atoms with Gasteiger partial charge in [0.05, 0.1) is 12.2 Å². The van der Waals surface area contributed by atoms with Crippen LogP contribution in [0.4, 0.5) is 0 Å². The maximum absolute atomic E-state index is 13.0. The van der Waals surface area contributed by atoms with E-state index in [-0.39, 0.29) is 18.8 Å². The fourth-order valence-corrected chi connectivity index (χ4v) is 3.20. The predicted octanol–water partition coefficient (Wildman–Crippen LogP) is 2.52. The molecule has 1 atom stereocenters. The molecule has 1 aromatic heterocycles. The van der Waals surface area contributed by atoms with Gasteiger partial charge in [-0.3, -0.25) is 9.78 Å². The van der Waals surface area contributed by atoms with Crippen molar-refractivity contribution in [3.8, 4) is 11.5 Å². The highest BCUT2D eigenvalue weighted by molar-refractivity contribution is 5.81. The van der Waals surface area contributed by atoms with E-state index in [1.807, 2.05) is 36.4 Å². The van der Waals surface area contributed by atoms with Gasteiger partial charge in [0.1, 0.15) is 6.10 Å². The number of rotatable bonds is 5. The van der Waals surface area contributed by atoms with Crippen molar-refractivity contribution in [2.45, 2.75) is 32.0 Å². The third-order valence-electron chi connectivity index (χ3n) is 4.44. The minimum atomic E-state index is -0.363. The van der Waals surface area contributed by atoms with E-state index < -0.39 is 0 Å². The van der Waals surface area contributed by atoms with Crippen molar-refractivity contribution in [3.63, 3.8) is 0 Å². The number of fused-ring (bicyclic) bond motifs is 1. The summed E-state index contributed by atoms with van der Waals surface area (Å²) in [6.45, 7) is 1.73. The van der Waals surface area contributed by atoms with Crippen molar-refractivity contribution < 1.29 is 19.0 Å². The Bertz CT molecular complexity index is 744. The molecule has 0 N–H and O–H groups in total. The quantitative estimate of drug-likeness (QED) is 0.837. The van der Waals surface area contributed by atoms with Crippen LogP contribution in [0.3, 0.4) is 0 Å². The number of carbonyl (C=O) groups is 1. The molecule has 0 radical (unpaired) electrons. The number of hydrogen-bond donors (Lipinski definition) is 0. The number of carbonyl (C=O) groups excluding carboxylic acids is 1. The molecule has 6 heteroatoms. The molecular weight excluding hydrogens is 320 g/mol. The Hall–Kier alpha value is -2.60. The van der Waals surface area contributed by atoms with Gasteiger partial charge < -0.3 is 19.1 Å². The Morgan fingerprint density at radius 1 is 1.16 bits per heavy atom. The summed E-state index contributed by atoms with van der Waals surface area (Å²) >= 11 is 0. The Labute approximate surface area is 146 Å². The molecule has 1 aromatic carbocycles. The SMILES string of the molecule is O=C([C@@H]1CCCO1)N(Cc1ccccn1)Cc1cccc2c1OCO2. The summed E-state index contributed by atoms with van der Waals surface area (Å²) in [5.74, 6) is 1.44. The van der Waals surface area contributed by atoms with Crippen molar-refractivity contribution in [2.75, 3.05) is 13.4 Å². The first-order valence-electron chi connectivity index (χ1n) is 8.49. The highest BCUT2D eigenvalue weighted by atomic mass is 16.7. The molecule has 4 rings (SSSR count). The third-order valence-corrected chi connectivity index (χ3v) is 4.44. The maximum atomic E-state index is 13.0. The highest BCUT2D eigenvalue weighted by Gasteiger charge is 2.30. The first-order chi connectivity index (χ1) is 12.3. The third kappa shape index (κ3) is 3.44. The number of ether oxygens (including phenoxy) is 3. The number of aromatic nitrogens is 1. The van der Waals surface area contributed by atoms with Crippen LogP contribution in [-0.4, -0.2) is 35.3 Å². The molecular formula is C19H20N2O4. The Morgan fingerprint density at radius 3 is 2.92 bits per heavy atom. The Kier molecular flexibility index (Phi) is 4.52. The fraction of sp³-hybridized carbons (Fsp3) is 0.368. The van der Waals surface area contributed by atoms with Crippen molar-refractivity contribution in [3.05, 3.63) is 53.9 Å². The molecule has 1 saturated heterocycles. The number of benzene rings is 1. The summed E-state index contributed by atoms with van der Waals surface area (Å²) in [6.07, 6.45) is 3.06. The zero-order valence-electron chi connectivity index (χ0n) is 13.9. The summed E-state index contributed by atoms with van der Waals surface area (Å²) in [5.41, 5.74) is 1.77. The standard InChI is InChI=1S/C19H20N2O4/c22-19(17-8-4-10-23-17)21(12-15-6-1-2-9-20-15)11-14-5-3-7-16-18(14)25-13-24-16/h1-3,5-7,9,17H,4,8,10-13H2/t17-/m0/s1. The maximum Gasteiger partial charge on any atom is 0.252 e. The molecule has 3 heterocycles. The number of hydrogen-bond acceptors (Lipinski definition) is 5. The van der Waals surface area contributed by atoms with E-state index in [1.165, 1.54) is 0 Å². The highest BCUT2D eigenvalue weighted by Crippen LogP contribution is 2.36. The second-order valence-corrected chi connectivity index (χ2v) is 6.17. The molecule has 0 bridgehead atoms. The summed E-state index contributed by atoms with van der Waals surface area (Å²) in [4.78, 5) is 19.1. The van der Waals surface area contributed by atoms with E-state index in [0.717, 1.165) is 29.8 Å². The summed E-state index contributed by atoms with van der Waals surface area (Å²) in [5, 5.41) is 0. The van der Waals surface area contributed by atoms with E-state index in [0.29, 0.717) is 25.4 Å². The smallest absolute Gasteiger partial charge is 0.252 e. The van der Waals surface area contributed by atoms with Crippen LogP contribution in [0, 0.1) is 0 Å². The topological polar surface area (TPSA) is 60.9 Å². The van der Waals surface area contributed by atoms with E-state index >= 15 is 0 Å². The molecule has 1 amide bonds. The van der Waals surface area contributed by atoms with Crippen molar-refractivity contribution in [1.82, 2.24) is 9.88 Å². The lowest BCUT2D eigenvalue weighted by molar-refractivity contribution is -0.142.